The maximum Gasteiger partial charge on any atom is 0.226 e. The van der Waals surface area contributed by atoms with E-state index in [1.165, 1.54) is 0 Å². The van der Waals surface area contributed by atoms with Crippen LogP contribution in [0.1, 0.15) is 24.0 Å². The van der Waals surface area contributed by atoms with Crippen LogP contribution in [0.4, 0.5) is 0 Å². The van der Waals surface area contributed by atoms with Crippen molar-refractivity contribution in [1.82, 2.24) is 4.90 Å². The van der Waals surface area contributed by atoms with Gasteiger partial charge in [0.1, 0.15) is 0 Å². The number of carbonyl (C=O) groups excluding carboxylic acids is 2. The third-order valence-corrected chi connectivity index (χ3v) is 5.50. The van der Waals surface area contributed by atoms with E-state index in [2.05, 4.69) is 15.9 Å². The van der Waals surface area contributed by atoms with Gasteiger partial charge in [0, 0.05) is 23.5 Å². The van der Waals surface area contributed by atoms with Crippen molar-refractivity contribution in [1.29, 1.82) is 0 Å². The van der Waals surface area contributed by atoms with Crippen molar-refractivity contribution in [3.63, 3.8) is 0 Å². The summed E-state index contributed by atoms with van der Waals surface area (Å²) in [6, 6.07) is 17.6. The number of allylic oxidation sites excluding steroid dienone is 1. The highest BCUT2D eigenvalue weighted by Crippen LogP contribution is 2.21. The van der Waals surface area contributed by atoms with Crippen LogP contribution in [0.2, 0.25) is 0 Å². The first-order valence-electron chi connectivity index (χ1n) is 8.91. The lowest BCUT2D eigenvalue weighted by molar-refractivity contribution is -0.133. The van der Waals surface area contributed by atoms with Gasteiger partial charge in [0.2, 0.25) is 5.91 Å². The molecule has 0 aromatic heterocycles. The Kier molecular flexibility index (Phi) is 6.40. The zero-order valence-electron chi connectivity index (χ0n) is 14.6. The molecule has 3 rings (SSSR count). The number of nitrogens with zero attached hydrogens (tertiary/aromatic N) is 1. The Hall–Kier alpha value is -2.20. The number of hydrogen-bond acceptors (Lipinski definition) is 2. The van der Waals surface area contributed by atoms with Gasteiger partial charge in [-0.3, -0.25) is 9.59 Å². The first-order chi connectivity index (χ1) is 12.6. The Morgan fingerprint density at radius 1 is 1.00 bits per heavy atom. The molecule has 1 amide bonds. The van der Waals surface area contributed by atoms with E-state index in [9.17, 15) is 9.59 Å². The van der Waals surface area contributed by atoms with Gasteiger partial charge >= 0.3 is 0 Å². The molecule has 0 atom stereocenters. The van der Waals surface area contributed by atoms with Crippen molar-refractivity contribution in [2.24, 2.45) is 5.92 Å². The van der Waals surface area contributed by atoms with Gasteiger partial charge in [-0.25, -0.2) is 0 Å². The molecule has 134 valence electrons. The first-order valence-corrected chi connectivity index (χ1v) is 9.71. The maximum absolute atomic E-state index is 12.4. The summed E-state index contributed by atoms with van der Waals surface area (Å²) in [6.45, 7) is 1.32. The fourth-order valence-corrected chi connectivity index (χ4v) is 3.63. The predicted molar refractivity (Wildman–Crippen MR) is 108 cm³/mol. The van der Waals surface area contributed by atoms with Crippen LogP contribution in [0.3, 0.4) is 0 Å². The minimum Gasteiger partial charge on any atom is -0.342 e. The standard InChI is InChI=1S/C22H22BrNO2/c23-20-9-5-4-8-18(20)10-11-21(25)19-12-14-24(15-13-19)22(26)16-17-6-2-1-3-7-17/h1-11,19H,12-16H2/b11-10+. The van der Waals surface area contributed by atoms with Gasteiger partial charge in [0.25, 0.3) is 0 Å². The molecular weight excluding hydrogens is 390 g/mol. The minimum absolute atomic E-state index is 0.00881. The lowest BCUT2D eigenvalue weighted by Crippen LogP contribution is -2.40. The largest absolute Gasteiger partial charge is 0.342 e. The van der Waals surface area contributed by atoms with Crippen LogP contribution in [-0.2, 0) is 16.0 Å². The topological polar surface area (TPSA) is 37.4 Å². The summed E-state index contributed by atoms with van der Waals surface area (Å²) in [5, 5.41) is 0. The molecule has 26 heavy (non-hydrogen) atoms. The highest BCUT2D eigenvalue weighted by atomic mass is 79.9. The molecule has 1 saturated heterocycles. The van der Waals surface area contributed by atoms with Gasteiger partial charge in [-0.05, 0) is 36.1 Å². The lowest BCUT2D eigenvalue weighted by atomic mass is 9.91. The van der Waals surface area contributed by atoms with Crippen LogP contribution in [-0.4, -0.2) is 29.7 Å². The number of likely N-dealkylation sites (tertiary alicyclic amines) is 1. The lowest BCUT2D eigenvalue weighted by Gasteiger charge is -2.31. The SMILES string of the molecule is O=C(/C=C/c1ccccc1Br)C1CCN(C(=O)Cc2ccccc2)CC1. The van der Waals surface area contributed by atoms with E-state index in [0.717, 1.165) is 28.4 Å². The fourth-order valence-electron chi connectivity index (χ4n) is 3.21. The smallest absolute Gasteiger partial charge is 0.226 e. The zero-order chi connectivity index (χ0) is 18.4. The third-order valence-electron chi connectivity index (χ3n) is 4.78. The van der Waals surface area contributed by atoms with E-state index >= 15 is 0 Å². The van der Waals surface area contributed by atoms with E-state index in [4.69, 9.17) is 0 Å². The molecule has 1 aliphatic rings. The van der Waals surface area contributed by atoms with Gasteiger partial charge in [-0.2, -0.15) is 0 Å². The Balaban J connectivity index is 1.51. The number of ketones is 1. The average molecular weight is 412 g/mol. The molecule has 1 aliphatic heterocycles. The second-order valence-corrected chi connectivity index (χ2v) is 7.43. The number of amides is 1. The van der Waals surface area contributed by atoms with Gasteiger partial charge in [0.05, 0.1) is 6.42 Å². The van der Waals surface area contributed by atoms with Gasteiger partial charge in [0.15, 0.2) is 5.78 Å². The summed E-state index contributed by atoms with van der Waals surface area (Å²) in [7, 11) is 0. The molecular formula is C22H22BrNO2. The number of piperidine rings is 1. The molecule has 2 aromatic carbocycles. The van der Waals surface area contributed by atoms with E-state index in [1.807, 2.05) is 65.6 Å². The van der Waals surface area contributed by atoms with Crippen LogP contribution < -0.4 is 0 Å². The number of hydrogen-bond donors (Lipinski definition) is 0. The Labute approximate surface area is 162 Å². The van der Waals surface area contributed by atoms with Crippen molar-refractivity contribution in [2.75, 3.05) is 13.1 Å². The monoisotopic (exact) mass is 411 g/mol. The van der Waals surface area contributed by atoms with Gasteiger partial charge in [-0.15, -0.1) is 0 Å². The average Bonchev–Trinajstić information content (AvgIpc) is 2.68. The Bertz CT molecular complexity index is 793. The quantitative estimate of drug-likeness (QED) is 0.678. The van der Waals surface area contributed by atoms with Crippen LogP contribution in [0.15, 0.2) is 65.1 Å². The molecule has 0 saturated carbocycles. The maximum atomic E-state index is 12.4. The summed E-state index contributed by atoms with van der Waals surface area (Å²) in [5.41, 5.74) is 2.03. The zero-order valence-corrected chi connectivity index (χ0v) is 16.2. The fraction of sp³-hybridized carbons (Fsp3) is 0.273. The van der Waals surface area contributed by atoms with E-state index in [1.54, 1.807) is 6.08 Å². The molecule has 2 aromatic rings. The third kappa shape index (κ3) is 4.92. The van der Waals surface area contributed by atoms with Gasteiger partial charge < -0.3 is 4.90 Å². The molecule has 1 fully saturated rings. The number of benzene rings is 2. The number of rotatable bonds is 5. The summed E-state index contributed by atoms with van der Waals surface area (Å²) in [5.74, 6) is 0.302. The molecule has 3 nitrogen and oxygen atoms in total. The van der Waals surface area contributed by atoms with Crippen molar-refractivity contribution in [3.05, 3.63) is 76.3 Å². The number of halogens is 1. The molecule has 0 N–H and O–H groups in total. The Morgan fingerprint density at radius 3 is 2.35 bits per heavy atom. The van der Waals surface area contributed by atoms with Crippen LogP contribution in [0.5, 0.6) is 0 Å². The second-order valence-electron chi connectivity index (χ2n) is 6.57. The Morgan fingerprint density at radius 2 is 1.65 bits per heavy atom. The minimum atomic E-state index is 0.00881. The van der Waals surface area contributed by atoms with Crippen LogP contribution >= 0.6 is 15.9 Å². The first kappa shape index (κ1) is 18.6. The van der Waals surface area contributed by atoms with E-state index < -0.39 is 0 Å². The molecule has 0 unspecified atom stereocenters. The summed E-state index contributed by atoms with van der Waals surface area (Å²) >= 11 is 3.49. The van der Waals surface area contributed by atoms with E-state index in [-0.39, 0.29) is 17.6 Å². The van der Waals surface area contributed by atoms with Crippen LogP contribution in [0, 0.1) is 5.92 Å². The van der Waals surface area contributed by atoms with Crippen molar-refractivity contribution in [3.8, 4) is 0 Å². The van der Waals surface area contributed by atoms with Crippen LogP contribution in [0.25, 0.3) is 6.08 Å². The predicted octanol–water partition coefficient (Wildman–Crippen LogP) is 4.51. The highest BCUT2D eigenvalue weighted by molar-refractivity contribution is 9.10. The highest BCUT2D eigenvalue weighted by Gasteiger charge is 2.26. The molecule has 0 aliphatic carbocycles. The van der Waals surface area contributed by atoms with Crippen molar-refractivity contribution >= 4 is 33.7 Å². The molecule has 1 heterocycles. The summed E-state index contributed by atoms with van der Waals surface area (Å²) < 4.78 is 0.977. The molecule has 0 bridgehead atoms. The van der Waals surface area contributed by atoms with E-state index in [0.29, 0.717) is 19.5 Å². The summed E-state index contributed by atoms with van der Waals surface area (Å²) in [4.78, 5) is 26.7. The van der Waals surface area contributed by atoms with Gasteiger partial charge in [-0.1, -0.05) is 70.5 Å². The second kappa shape index (κ2) is 8.95. The molecule has 4 heteroatoms. The molecule has 0 spiro atoms. The molecule has 0 radical (unpaired) electrons. The summed E-state index contributed by atoms with van der Waals surface area (Å²) in [6.07, 6.45) is 5.44. The number of carbonyl (C=O) groups is 2. The normalized spacial score (nSPS) is 15.3. The van der Waals surface area contributed by atoms with Crippen molar-refractivity contribution < 1.29 is 9.59 Å². The van der Waals surface area contributed by atoms with Crippen molar-refractivity contribution in [2.45, 2.75) is 19.3 Å².